The van der Waals surface area contributed by atoms with Crippen molar-refractivity contribution < 1.29 is 47.0 Å². The zero-order chi connectivity index (χ0) is 38.7. The molecule has 4 amide bonds. The molecule has 0 bridgehead atoms. The molecule has 0 heterocycles. The Morgan fingerprint density at radius 3 is 2.19 bits per heavy atom. The average molecular weight is 731 g/mol. The van der Waals surface area contributed by atoms with Gasteiger partial charge in [-0.25, -0.2) is 13.6 Å². The predicted molar refractivity (Wildman–Crippen MR) is 195 cm³/mol. The molecule has 0 aromatic heterocycles. The third-order valence-corrected chi connectivity index (χ3v) is 7.47. The Bertz CT molecular complexity index is 1960. The van der Waals surface area contributed by atoms with Crippen LogP contribution in [0.2, 0.25) is 0 Å². The van der Waals surface area contributed by atoms with E-state index in [9.17, 15) is 32.8 Å². The summed E-state index contributed by atoms with van der Waals surface area (Å²) in [4.78, 5) is 66.4. The first-order valence-corrected chi connectivity index (χ1v) is 16.4. The van der Waals surface area contributed by atoms with Crippen LogP contribution in [0.15, 0.2) is 91.0 Å². The second-order valence-electron chi connectivity index (χ2n) is 12.7. The van der Waals surface area contributed by atoms with Crippen molar-refractivity contribution in [3.8, 4) is 16.9 Å². The van der Waals surface area contributed by atoms with E-state index in [4.69, 9.17) is 9.47 Å². The average Bonchev–Trinajstić information content (AvgIpc) is 3.10. The molecule has 0 aliphatic heterocycles. The van der Waals surface area contributed by atoms with Crippen LogP contribution in [0.1, 0.15) is 26.3 Å². The van der Waals surface area contributed by atoms with Crippen LogP contribution in [0, 0.1) is 11.6 Å². The number of nitrogens with zero attached hydrogens (tertiary/aromatic N) is 2. The van der Waals surface area contributed by atoms with Crippen LogP contribution in [0.3, 0.4) is 0 Å². The first-order chi connectivity index (χ1) is 25.1. The summed E-state index contributed by atoms with van der Waals surface area (Å²) in [5.41, 5.74) is 1.42. The number of hydrogen-bond acceptors (Lipinski definition) is 8. The first-order valence-electron chi connectivity index (χ1n) is 16.4. The molecule has 0 saturated carbocycles. The zero-order valence-electron chi connectivity index (χ0n) is 29.9. The zero-order valence-corrected chi connectivity index (χ0v) is 29.9. The Labute approximate surface area is 305 Å². The van der Waals surface area contributed by atoms with Gasteiger partial charge in [-0.05, 0) is 74.4 Å². The van der Waals surface area contributed by atoms with Gasteiger partial charge in [0, 0.05) is 36.1 Å². The molecule has 14 heteroatoms. The first kappa shape index (κ1) is 39.5. The number of rotatable bonds is 13. The number of nitrogens with one attached hydrogen (secondary N) is 2. The second kappa shape index (κ2) is 17.8. The predicted octanol–water partition coefficient (Wildman–Crippen LogP) is 5.89. The van der Waals surface area contributed by atoms with Crippen molar-refractivity contribution in [3.63, 3.8) is 0 Å². The lowest BCUT2D eigenvalue weighted by atomic mass is 10.0. The lowest BCUT2D eigenvalue weighted by molar-refractivity contribution is -0.153. The number of carbonyl (C=O) groups is 5. The van der Waals surface area contributed by atoms with Crippen LogP contribution in [0.4, 0.5) is 30.6 Å². The third kappa shape index (κ3) is 11.9. The van der Waals surface area contributed by atoms with E-state index in [0.29, 0.717) is 22.5 Å². The molecule has 0 unspecified atom stereocenters. The van der Waals surface area contributed by atoms with E-state index in [1.165, 1.54) is 37.3 Å². The van der Waals surface area contributed by atoms with Crippen molar-refractivity contribution in [2.75, 3.05) is 49.0 Å². The van der Waals surface area contributed by atoms with E-state index < -0.39 is 66.7 Å². The summed E-state index contributed by atoms with van der Waals surface area (Å²) in [6.07, 6.45) is 0.00617. The summed E-state index contributed by atoms with van der Waals surface area (Å²) in [6.45, 7) is 3.58. The molecule has 53 heavy (non-hydrogen) atoms. The Balaban J connectivity index is 1.46. The van der Waals surface area contributed by atoms with Crippen LogP contribution < -0.4 is 25.2 Å². The Morgan fingerprint density at radius 1 is 0.792 bits per heavy atom. The van der Waals surface area contributed by atoms with Crippen LogP contribution in [-0.4, -0.2) is 69.2 Å². The number of likely N-dealkylation sites (N-methyl/N-ethyl adjacent to an activating group) is 1. The van der Waals surface area contributed by atoms with Gasteiger partial charge in [0.05, 0.1) is 25.8 Å². The largest absolute Gasteiger partial charge is 0.484 e. The molecule has 0 radical (unpaired) electrons. The number of para-hydroxylation sites is 1. The summed E-state index contributed by atoms with van der Waals surface area (Å²) in [7, 11) is 2.77. The van der Waals surface area contributed by atoms with Crippen molar-refractivity contribution in [2.24, 2.45) is 0 Å². The van der Waals surface area contributed by atoms with Crippen LogP contribution in [0.25, 0.3) is 11.1 Å². The maximum Gasteiger partial charge on any atom is 0.326 e. The minimum absolute atomic E-state index is 0.00617. The number of esters is 2. The highest BCUT2D eigenvalue weighted by molar-refractivity contribution is 6.01. The van der Waals surface area contributed by atoms with Gasteiger partial charge < -0.3 is 29.7 Å². The monoisotopic (exact) mass is 730 g/mol. The lowest BCUT2D eigenvalue weighted by Gasteiger charge is -2.26. The van der Waals surface area contributed by atoms with Crippen molar-refractivity contribution >= 4 is 46.8 Å². The molecule has 4 rings (SSSR count). The summed E-state index contributed by atoms with van der Waals surface area (Å²) in [6, 6.07) is 21.7. The fourth-order valence-electron chi connectivity index (χ4n) is 5.09. The van der Waals surface area contributed by atoms with Gasteiger partial charge in [-0.15, -0.1) is 0 Å². The normalized spacial score (nSPS) is 10.8. The molecule has 0 aliphatic carbocycles. The van der Waals surface area contributed by atoms with Crippen molar-refractivity contribution in [1.82, 2.24) is 5.32 Å². The van der Waals surface area contributed by atoms with E-state index in [1.54, 1.807) is 87.5 Å². The molecular weight excluding hydrogens is 690 g/mol. The lowest BCUT2D eigenvalue weighted by Crippen LogP contribution is -2.45. The Hall–Kier alpha value is -6.31. The molecular formula is C39H40F2N4O8. The van der Waals surface area contributed by atoms with Crippen LogP contribution >= 0.6 is 0 Å². The number of anilines is 3. The molecule has 0 saturated heterocycles. The number of halogens is 2. The number of urea groups is 1. The fraction of sp³-hybridized carbons (Fsp3) is 0.256. The minimum atomic E-state index is -0.842. The van der Waals surface area contributed by atoms with Gasteiger partial charge in [-0.1, -0.05) is 36.4 Å². The SMILES string of the molecule is COC(=O)Cc1cccc(NC(=O)NCC(=O)N(CC(=O)OC(C)(C)C)c2cccc(OCC(=O)N(C)c3ccccc3-c3cc(F)cc(F)c3)c2)c1. The summed E-state index contributed by atoms with van der Waals surface area (Å²) in [5, 5.41) is 5.07. The number of ether oxygens (including phenoxy) is 3. The maximum atomic E-state index is 14.0. The molecule has 12 nitrogen and oxygen atoms in total. The van der Waals surface area contributed by atoms with Crippen molar-refractivity contribution in [2.45, 2.75) is 32.8 Å². The third-order valence-electron chi connectivity index (χ3n) is 7.47. The summed E-state index contributed by atoms with van der Waals surface area (Å²) >= 11 is 0. The van der Waals surface area contributed by atoms with Gasteiger partial charge in [-0.3, -0.25) is 24.1 Å². The molecule has 4 aromatic rings. The van der Waals surface area contributed by atoms with E-state index >= 15 is 0 Å². The van der Waals surface area contributed by atoms with Gasteiger partial charge in [0.15, 0.2) is 6.61 Å². The molecule has 0 atom stereocenters. The summed E-state index contributed by atoms with van der Waals surface area (Å²) in [5.74, 6) is -3.65. The highest BCUT2D eigenvalue weighted by Crippen LogP contribution is 2.31. The second-order valence-corrected chi connectivity index (χ2v) is 12.7. The quantitative estimate of drug-likeness (QED) is 0.162. The van der Waals surface area contributed by atoms with Crippen molar-refractivity contribution in [3.05, 3.63) is 108 Å². The number of carbonyl (C=O) groups excluding carboxylic acids is 5. The molecule has 0 aliphatic rings. The van der Waals surface area contributed by atoms with Gasteiger partial charge in [-0.2, -0.15) is 0 Å². The van der Waals surface area contributed by atoms with Gasteiger partial charge in [0.2, 0.25) is 5.91 Å². The number of methoxy groups -OCH3 is 1. The molecule has 278 valence electrons. The highest BCUT2D eigenvalue weighted by Gasteiger charge is 2.25. The maximum absolute atomic E-state index is 14.0. The van der Waals surface area contributed by atoms with E-state index in [0.717, 1.165) is 11.0 Å². The molecule has 2 N–H and O–H groups in total. The Kier molecular flexibility index (Phi) is 13.2. The molecule has 4 aromatic carbocycles. The highest BCUT2D eigenvalue weighted by atomic mass is 19.1. The van der Waals surface area contributed by atoms with Crippen LogP contribution in [-0.2, 0) is 35.1 Å². The number of hydrogen-bond donors (Lipinski definition) is 2. The fourth-order valence-corrected chi connectivity index (χ4v) is 5.09. The smallest absolute Gasteiger partial charge is 0.326 e. The summed E-state index contributed by atoms with van der Waals surface area (Å²) < 4.78 is 43.9. The van der Waals surface area contributed by atoms with E-state index in [-0.39, 0.29) is 23.4 Å². The Morgan fingerprint density at radius 2 is 1.49 bits per heavy atom. The van der Waals surface area contributed by atoms with Gasteiger partial charge in [0.25, 0.3) is 5.91 Å². The number of amides is 4. The topological polar surface area (TPSA) is 144 Å². The van der Waals surface area contributed by atoms with E-state index in [1.807, 2.05) is 0 Å². The number of benzene rings is 4. The molecule has 0 fully saturated rings. The molecule has 0 spiro atoms. The van der Waals surface area contributed by atoms with Gasteiger partial charge >= 0.3 is 18.0 Å². The van der Waals surface area contributed by atoms with Gasteiger partial charge in [0.1, 0.15) is 29.5 Å². The van der Waals surface area contributed by atoms with E-state index in [2.05, 4.69) is 15.4 Å². The van der Waals surface area contributed by atoms with Crippen LogP contribution in [0.5, 0.6) is 5.75 Å². The minimum Gasteiger partial charge on any atom is -0.484 e. The standard InChI is InChI=1S/C39H40F2N4O8/c1-39(2,3)53-37(49)23-45(34(46)22-42-38(50)43-29-11-8-10-25(16-29)17-36(48)51-5)30-12-9-13-31(21-30)52-24-35(47)44(4)33-15-7-6-14-32(33)26-18-27(40)20-28(41)19-26/h6-16,18-21H,17,22-24H2,1-5H3,(H2,42,43,50). The van der Waals surface area contributed by atoms with Crippen molar-refractivity contribution in [1.29, 1.82) is 0 Å².